The highest BCUT2D eigenvalue weighted by atomic mass is 28.4. The standard InChI is InChI=1S/C16H28O3Si/c1-12-9-14(17)11-15(18)10-13(12)7-8-19-20(5,6)16(2,3)4/h7-8,12-13H,9-11H2,1-6H3/b8-7+/t12-,13+/m1/s1. The van der Waals surface area contributed by atoms with E-state index in [9.17, 15) is 9.59 Å². The fourth-order valence-electron chi connectivity index (χ4n) is 2.08. The lowest BCUT2D eigenvalue weighted by atomic mass is 9.89. The summed E-state index contributed by atoms with van der Waals surface area (Å²) in [4.78, 5) is 23.2. The van der Waals surface area contributed by atoms with Gasteiger partial charge in [-0.1, -0.05) is 27.7 Å². The maximum atomic E-state index is 11.7. The molecule has 0 radical (unpaired) electrons. The van der Waals surface area contributed by atoms with E-state index in [1.54, 1.807) is 6.26 Å². The first-order chi connectivity index (χ1) is 9.03. The van der Waals surface area contributed by atoms with Crippen LogP contribution in [0, 0.1) is 11.8 Å². The van der Waals surface area contributed by atoms with Gasteiger partial charge >= 0.3 is 0 Å². The molecule has 114 valence electrons. The predicted molar refractivity (Wildman–Crippen MR) is 83.9 cm³/mol. The van der Waals surface area contributed by atoms with Crippen molar-refractivity contribution in [2.45, 2.75) is 65.1 Å². The van der Waals surface area contributed by atoms with Crippen LogP contribution in [0.2, 0.25) is 18.1 Å². The molecule has 0 aromatic rings. The molecule has 1 aliphatic carbocycles. The van der Waals surface area contributed by atoms with Gasteiger partial charge in [0.15, 0.2) is 0 Å². The second-order valence-electron chi connectivity index (χ2n) is 7.51. The predicted octanol–water partition coefficient (Wildman–Crippen LogP) is 4.10. The number of hydrogen-bond acceptors (Lipinski definition) is 3. The summed E-state index contributed by atoms with van der Waals surface area (Å²) >= 11 is 0. The third-order valence-electron chi connectivity index (χ3n) is 4.63. The van der Waals surface area contributed by atoms with E-state index < -0.39 is 8.32 Å². The molecule has 0 bridgehead atoms. The first-order valence-corrected chi connectivity index (χ1v) is 10.3. The molecule has 0 N–H and O–H groups in total. The minimum Gasteiger partial charge on any atom is -0.549 e. The molecule has 1 aliphatic rings. The van der Waals surface area contributed by atoms with Crippen LogP contribution in [0.3, 0.4) is 0 Å². The monoisotopic (exact) mass is 296 g/mol. The maximum Gasteiger partial charge on any atom is 0.249 e. The van der Waals surface area contributed by atoms with Crippen LogP contribution in [-0.4, -0.2) is 19.9 Å². The lowest BCUT2D eigenvalue weighted by Crippen LogP contribution is -2.39. The van der Waals surface area contributed by atoms with Gasteiger partial charge in [0, 0.05) is 12.8 Å². The van der Waals surface area contributed by atoms with Crippen molar-refractivity contribution < 1.29 is 14.0 Å². The molecule has 0 unspecified atom stereocenters. The highest BCUT2D eigenvalue weighted by molar-refractivity contribution is 6.74. The molecule has 20 heavy (non-hydrogen) atoms. The van der Waals surface area contributed by atoms with Crippen molar-refractivity contribution in [2.24, 2.45) is 11.8 Å². The Morgan fingerprint density at radius 2 is 1.70 bits per heavy atom. The SMILES string of the molecule is C[C@@H]1CC(=O)CC(=O)C[C@@H]1/C=C/O[Si](C)(C)C(C)(C)C. The van der Waals surface area contributed by atoms with Gasteiger partial charge in [0.05, 0.1) is 12.7 Å². The van der Waals surface area contributed by atoms with Gasteiger partial charge in [-0.3, -0.25) is 9.59 Å². The molecular weight excluding hydrogens is 268 g/mol. The topological polar surface area (TPSA) is 43.4 Å². The fourth-order valence-corrected chi connectivity index (χ4v) is 2.86. The Kier molecular flexibility index (Phi) is 5.36. The molecule has 2 atom stereocenters. The first kappa shape index (κ1) is 17.1. The zero-order valence-electron chi connectivity index (χ0n) is 13.7. The van der Waals surface area contributed by atoms with Crippen molar-refractivity contribution in [1.29, 1.82) is 0 Å². The Hall–Kier alpha value is -0.903. The summed E-state index contributed by atoms with van der Waals surface area (Å²) in [7, 11) is -1.79. The number of carbonyl (C=O) groups is 2. The Balaban J connectivity index is 2.69. The van der Waals surface area contributed by atoms with Crippen molar-refractivity contribution in [2.75, 3.05) is 0 Å². The van der Waals surface area contributed by atoms with Gasteiger partial charge in [-0.15, -0.1) is 0 Å². The van der Waals surface area contributed by atoms with E-state index in [1.807, 2.05) is 13.0 Å². The number of allylic oxidation sites excluding steroid dienone is 1. The summed E-state index contributed by atoms with van der Waals surface area (Å²) in [6.45, 7) is 13.0. The lowest BCUT2D eigenvalue weighted by Gasteiger charge is -2.35. The second kappa shape index (κ2) is 6.25. The summed E-state index contributed by atoms with van der Waals surface area (Å²) in [5.41, 5.74) is 0. The zero-order chi connectivity index (χ0) is 15.6. The van der Waals surface area contributed by atoms with Crippen molar-refractivity contribution in [3.05, 3.63) is 12.3 Å². The third-order valence-corrected chi connectivity index (χ3v) is 8.97. The third kappa shape index (κ3) is 4.58. The number of Topliss-reactive ketones (excluding diaryl/α,β-unsaturated/α-hetero) is 2. The first-order valence-electron chi connectivity index (χ1n) is 7.41. The van der Waals surface area contributed by atoms with E-state index in [0.29, 0.717) is 12.8 Å². The highest BCUT2D eigenvalue weighted by Crippen LogP contribution is 2.37. The largest absolute Gasteiger partial charge is 0.549 e. The van der Waals surface area contributed by atoms with Gasteiger partial charge in [-0.05, 0) is 36.0 Å². The molecule has 0 aromatic heterocycles. The molecule has 0 heterocycles. The van der Waals surface area contributed by atoms with Crippen LogP contribution in [0.1, 0.15) is 47.0 Å². The molecule has 0 amide bonds. The van der Waals surface area contributed by atoms with Gasteiger partial charge in [0.25, 0.3) is 0 Å². The molecule has 0 aliphatic heterocycles. The molecule has 1 saturated carbocycles. The van der Waals surface area contributed by atoms with E-state index in [0.717, 1.165) is 0 Å². The van der Waals surface area contributed by atoms with E-state index in [-0.39, 0.29) is 34.9 Å². The number of rotatable bonds is 3. The zero-order valence-corrected chi connectivity index (χ0v) is 14.7. The average molecular weight is 296 g/mol. The Morgan fingerprint density at radius 1 is 1.15 bits per heavy atom. The summed E-state index contributed by atoms with van der Waals surface area (Å²) < 4.78 is 6.01. The molecule has 0 spiro atoms. The van der Waals surface area contributed by atoms with E-state index >= 15 is 0 Å². The lowest BCUT2D eigenvalue weighted by molar-refractivity contribution is -0.126. The van der Waals surface area contributed by atoms with Gasteiger partial charge in [0.1, 0.15) is 11.6 Å². The number of carbonyl (C=O) groups excluding carboxylic acids is 2. The summed E-state index contributed by atoms with van der Waals surface area (Å²) in [6.07, 6.45) is 4.84. The Labute approximate surface area is 123 Å². The average Bonchev–Trinajstić information content (AvgIpc) is 2.35. The minimum absolute atomic E-state index is 0.0568. The van der Waals surface area contributed by atoms with E-state index in [1.165, 1.54) is 0 Å². The van der Waals surface area contributed by atoms with Crippen LogP contribution in [0.25, 0.3) is 0 Å². The van der Waals surface area contributed by atoms with Crippen molar-refractivity contribution in [1.82, 2.24) is 0 Å². The molecule has 0 aromatic carbocycles. The maximum absolute atomic E-state index is 11.7. The minimum atomic E-state index is -1.79. The van der Waals surface area contributed by atoms with E-state index in [4.69, 9.17) is 4.43 Å². The van der Waals surface area contributed by atoms with Crippen LogP contribution in [0.4, 0.5) is 0 Å². The van der Waals surface area contributed by atoms with Crippen LogP contribution < -0.4 is 0 Å². The molecule has 0 saturated heterocycles. The summed E-state index contributed by atoms with van der Waals surface area (Å²) in [5.74, 6) is 0.469. The van der Waals surface area contributed by atoms with Crippen molar-refractivity contribution in [3.8, 4) is 0 Å². The quantitative estimate of drug-likeness (QED) is 0.341. The highest BCUT2D eigenvalue weighted by Gasteiger charge is 2.38. The molecule has 1 fully saturated rings. The van der Waals surface area contributed by atoms with Crippen molar-refractivity contribution in [3.63, 3.8) is 0 Å². The van der Waals surface area contributed by atoms with Gasteiger partial charge in [-0.25, -0.2) is 0 Å². The number of ketones is 2. The second-order valence-corrected chi connectivity index (χ2v) is 12.3. The van der Waals surface area contributed by atoms with E-state index in [2.05, 4.69) is 33.9 Å². The normalized spacial score (nSPS) is 25.9. The van der Waals surface area contributed by atoms with Crippen LogP contribution in [0.15, 0.2) is 12.3 Å². The fraction of sp³-hybridized carbons (Fsp3) is 0.750. The number of hydrogen-bond donors (Lipinski definition) is 0. The van der Waals surface area contributed by atoms with Gasteiger partial charge in [-0.2, -0.15) is 0 Å². The van der Waals surface area contributed by atoms with Crippen molar-refractivity contribution >= 4 is 19.9 Å². The Morgan fingerprint density at radius 3 is 2.25 bits per heavy atom. The van der Waals surface area contributed by atoms with Crippen LogP contribution in [0.5, 0.6) is 0 Å². The molecular formula is C16H28O3Si. The molecule has 1 rings (SSSR count). The molecule has 4 heteroatoms. The summed E-state index contributed by atoms with van der Waals surface area (Å²) in [6, 6.07) is 0. The molecule has 3 nitrogen and oxygen atoms in total. The smallest absolute Gasteiger partial charge is 0.249 e. The van der Waals surface area contributed by atoms with Gasteiger partial charge in [0.2, 0.25) is 8.32 Å². The Bertz CT molecular complexity index is 404. The van der Waals surface area contributed by atoms with Gasteiger partial charge < -0.3 is 4.43 Å². The van der Waals surface area contributed by atoms with Crippen LogP contribution >= 0.6 is 0 Å². The van der Waals surface area contributed by atoms with Crippen LogP contribution in [-0.2, 0) is 14.0 Å². The summed E-state index contributed by atoms with van der Waals surface area (Å²) in [5, 5.41) is 0.165.